The zero-order valence-electron chi connectivity index (χ0n) is 20.1. The van der Waals surface area contributed by atoms with Crippen LogP contribution in [-0.2, 0) is 6.42 Å². The normalized spacial score (nSPS) is 14.9. The molecule has 2 heteroatoms. The molecule has 0 aliphatic carbocycles. The Morgan fingerprint density at radius 2 is 1.10 bits per heavy atom. The fourth-order valence-electron chi connectivity index (χ4n) is 4.34. The quantitative estimate of drug-likeness (QED) is 0.288. The van der Waals surface area contributed by atoms with E-state index < -0.39 is 0 Å². The summed E-state index contributed by atoms with van der Waals surface area (Å²) in [6.45, 7) is 13.7. The Balaban J connectivity index is 2.13. The first kappa shape index (κ1) is 25.9. The van der Waals surface area contributed by atoms with Crippen LogP contribution in [0.15, 0.2) is 12.1 Å². The molecule has 3 atom stereocenters. The molecule has 0 aliphatic rings. The van der Waals surface area contributed by atoms with Crippen molar-refractivity contribution in [2.75, 3.05) is 0 Å². The van der Waals surface area contributed by atoms with Crippen molar-refractivity contribution < 1.29 is 10.2 Å². The second-order valence-electron chi connectivity index (χ2n) is 10.3. The molecular formula is C27H48O2. The van der Waals surface area contributed by atoms with Crippen LogP contribution in [-0.4, -0.2) is 10.2 Å². The summed E-state index contributed by atoms with van der Waals surface area (Å²) in [5, 5.41) is 19.4. The van der Waals surface area contributed by atoms with Crippen molar-refractivity contribution in [1.29, 1.82) is 0 Å². The summed E-state index contributed by atoms with van der Waals surface area (Å²) >= 11 is 0. The lowest BCUT2D eigenvalue weighted by molar-refractivity contribution is 0.374. The molecule has 0 fully saturated rings. The van der Waals surface area contributed by atoms with Gasteiger partial charge in [0.05, 0.1) is 0 Å². The van der Waals surface area contributed by atoms with Crippen LogP contribution >= 0.6 is 0 Å². The molecule has 0 aromatic heterocycles. The van der Waals surface area contributed by atoms with E-state index in [1.165, 1.54) is 57.8 Å². The molecule has 1 aromatic carbocycles. The fourth-order valence-corrected chi connectivity index (χ4v) is 4.34. The number of benzene rings is 1. The van der Waals surface area contributed by atoms with Crippen molar-refractivity contribution >= 4 is 0 Å². The largest absolute Gasteiger partial charge is 0.504 e. The Kier molecular flexibility index (Phi) is 12.4. The molecule has 2 N–H and O–H groups in total. The summed E-state index contributed by atoms with van der Waals surface area (Å²) in [5.74, 6) is 3.32. The topological polar surface area (TPSA) is 40.5 Å². The molecular weight excluding hydrogens is 356 g/mol. The highest BCUT2D eigenvalue weighted by Gasteiger charge is 2.11. The van der Waals surface area contributed by atoms with Gasteiger partial charge in [0.25, 0.3) is 0 Å². The molecule has 0 saturated heterocycles. The molecule has 168 valence electrons. The maximum Gasteiger partial charge on any atom is 0.160 e. The fraction of sp³-hybridized carbons (Fsp3) is 0.778. The van der Waals surface area contributed by atoms with E-state index in [2.05, 4.69) is 34.6 Å². The number of aromatic hydroxyl groups is 2. The van der Waals surface area contributed by atoms with E-state index in [0.29, 0.717) is 5.92 Å². The van der Waals surface area contributed by atoms with Gasteiger partial charge in [-0.2, -0.15) is 0 Å². The van der Waals surface area contributed by atoms with Gasteiger partial charge in [-0.3, -0.25) is 0 Å². The Hall–Kier alpha value is -1.18. The number of aryl methyl sites for hydroxylation is 1. The first-order valence-electron chi connectivity index (χ1n) is 12.2. The van der Waals surface area contributed by atoms with Crippen LogP contribution < -0.4 is 0 Å². The van der Waals surface area contributed by atoms with Gasteiger partial charge < -0.3 is 10.2 Å². The van der Waals surface area contributed by atoms with Gasteiger partial charge in [-0.25, -0.2) is 0 Å². The van der Waals surface area contributed by atoms with Crippen LogP contribution in [0.2, 0.25) is 0 Å². The predicted octanol–water partition coefficient (Wildman–Crippen LogP) is 8.41. The number of hydrogen-bond acceptors (Lipinski definition) is 2. The highest BCUT2D eigenvalue weighted by Crippen LogP contribution is 2.32. The van der Waals surface area contributed by atoms with Gasteiger partial charge in [0.15, 0.2) is 11.5 Å². The zero-order valence-corrected chi connectivity index (χ0v) is 20.1. The van der Waals surface area contributed by atoms with Crippen LogP contribution in [0.3, 0.4) is 0 Å². The van der Waals surface area contributed by atoms with E-state index in [9.17, 15) is 10.2 Å². The molecule has 0 heterocycles. The molecule has 3 unspecified atom stereocenters. The second kappa shape index (κ2) is 13.9. The average molecular weight is 405 g/mol. The number of phenols is 2. The Labute approximate surface area is 181 Å². The minimum atomic E-state index is -0.0155. The SMILES string of the molecule is Cc1c(CCC(C)CCCC(C)CCCC(C)CCCC(C)C)ccc(O)c1O. The highest BCUT2D eigenvalue weighted by atomic mass is 16.3. The first-order chi connectivity index (χ1) is 13.7. The molecule has 1 aromatic rings. The molecule has 29 heavy (non-hydrogen) atoms. The Morgan fingerprint density at radius 3 is 1.59 bits per heavy atom. The molecule has 0 radical (unpaired) electrons. The zero-order chi connectivity index (χ0) is 21.8. The van der Waals surface area contributed by atoms with Crippen molar-refractivity contribution in [2.45, 2.75) is 112 Å². The minimum Gasteiger partial charge on any atom is -0.504 e. The summed E-state index contributed by atoms with van der Waals surface area (Å²) in [6, 6.07) is 3.55. The molecule has 0 aliphatic heterocycles. The smallest absolute Gasteiger partial charge is 0.160 e. The van der Waals surface area contributed by atoms with Crippen LogP contribution in [0.1, 0.15) is 110 Å². The minimum absolute atomic E-state index is 0.0155. The van der Waals surface area contributed by atoms with Crippen molar-refractivity contribution in [3.8, 4) is 11.5 Å². The molecule has 0 bridgehead atoms. The van der Waals surface area contributed by atoms with E-state index in [1.54, 1.807) is 6.07 Å². The van der Waals surface area contributed by atoms with Crippen LogP contribution in [0.4, 0.5) is 0 Å². The van der Waals surface area contributed by atoms with E-state index >= 15 is 0 Å². The summed E-state index contributed by atoms with van der Waals surface area (Å²) in [5.41, 5.74) is 1.98. The van der Waals surface area contributed by atoms with Crippen LogP contribution in [0.5, 0.6) is 11.5 Å². The lowest BCUT2D eigenvalue weighted by atomic mass is 9.90. The number of rotatable bonds is 15. The lowest BCUT2D eigenvalue weighted by Gasteiger charge is -2.17. The van der Waals surface area contributed by atoms with Gasteiger partial charge in [0.2, 0.25) is 0 Å². The van der Waals surface area contributed by atoms with E-state index in [0.717, 1.165) is 41.7 Å². The first-order valence-corrected chi connectivity index (χ1v) is 12.2. The molecule has 0 amide bonds. The highest BCUT2D eigenvalue weighted by molar-refractivity contribution is 5.48. The predicted molar refractivity (Wildman–Crippen MR) is 127 cm³/mol. The van der Waals surface area contributed by atoms with Crippen molar-refractivity contribution in [1.82, 2.24) is 0 Å². The second-order valence-corrected chi connectivity index (χ2v) is 10.3. The van der Waals surface area contributed by atoms with E-state index in [-0.39, 0.29) is 11.5 Å². The molecule has 0 saturated carbocycles. The van der Waals surface area contributed by atoms with Crippen molar-refractivity contribution in [3.63, 3.8) is 0 Å². The molecule has 2 nitrogen and oxygen atoms in total. The third kappa shape index (κ3) is 11.0. The van der Waals surface area contributed by atoms with Crippen molar-refractivity contribution in [3.05, 3.63) is 23.3 Å². The van der Waals surface area contributed by atoms with Gasteiger partial charge in [-0.1, -0.05) is 98.5 Å². The third-order valence-corrected chi connectivity index (χ3v) is 6.69. The summed E-state index contributed by atoms with van der Waals surface area (Å²) < 4.78 is 0. The van der Waals surface area contributed by atoms with Gasteiger partial charge in [-0.15, -0.1) is 0 Å². The van der Waals surface area contributed by atoms with Crippen LogP contribution in [0, 0.1) is 30.6 Å². The number of phenolic OH excluding ortho intramolecular Hbond substituents is 2. The standard InChI is InChI=1S/C27H48O2/c1-20(2)10-7-11-21(3)12-8-13-22(4)14-9-15-23(5)16-17-25-18-19-26(28)27(29)24(25)6/h18-23,28-29H,7-17H2,1-6H3. The molecule has 0 spiro atoms. The van der Waals surface area contributed by atoms with Crippen LogP contribution in [0.25, 0.3) is 0 Å². The lowest BCUT2D eigenvalue weighted by Crippen LogP contribution is -2.02. The van der Waals surface area contributed by atoms with Gasteiger partial charge in [-0.05, 0) is 60.6 Å². The number of hydrogen-bond donors (Lipinski definition) is 2. The van der Waals surface area contributed by atoms with Gasteiger partial charge in [0, 0.05) is 0 Å². The monoisotopic (exact) mass is 404 g/mol. The molecule has 1 rings (SSSR count). The van der Waals surface area contributed by atoms with E-state index in [1.807, 2.05) is 13.0 Å². The summed E-state index contributed by atoms with van der Waals surface area (Å²) in [4.78, 5) is 0. The average Bonchev–Trinajstić information content (AvgIpc) is 2.65. The Bertz CT molecular complexity index is 564. The summed E-state index contributed by atoms with van der Waals surface area (Å²) in [7, 11) is 0. The maximum atomic E-state index is 9.87. The van der Waals surface area contributed by atoms with Gasteiger partial charge in [0.1, 0.15) is 0 Å². The van der Waals surface area contributed by atoms with Crippen molar-refractivity contribution in [2.24, 2.45) is 23.7 Å². The van der Waals surface area contributed by atoms with Gasteiger partial charge >= 0.3 is 0 Å². The maximum absolute atomic E-state index is 9.87. The third-order valence-electron chi connectivity index (χ3n) is 6.69. The Morgan fingerprint density at radius 1 is 0.655 bits per heavy atom. The van der Waals surface area contributed by atoms with E-state index in [4.69, 9.17) is 0 Å². The summed E-state index contributed by atoms with van der Waals surface area (Å²) in [6.07, 6.45) is 14.5.